The zero-order valence-electron chi connectivity index (χ0n) is 12.3. The van der Waals surface area contributed by atoms with Gasteiger partial charge < -0.3 is 19.8 Å². The molecule has 112 valence electrons. The highest BCUT2D eigenvalue weighted by Crippen LogP contribution is 2.16. The Morgan fingerprint density at radius 1 is 1.33 bits per heavy atom. The fraction of sp³-hybridized carbons (Fsp3) is 0.312. The van der Waals surface area contributed by atoms with Crippen LogP contribution in [0, 0.1) is 0 Å². The third-order valence-corrected chi connectivity index (χ3v) is 3.10. The van der Waals surface area contributed by atoms with E-state index in [9.17, 15) is 4.79 Å². The molecule has 1 aromatic heterocycles. The zero-order valence-corrected chi connectivity index (χ0v) is 12.3. The predicted molar refractivity (Wildman–Crippen MR) is 81.2 cm³/mol. The fourth-order valence-corrected chi connectivity index (χ4v) is 2.11. The molecule has 5 nitrogen and oxygen atoms in total. The van der Waals surface area contributed by atoms with Gasteiger partial charge in [-0.05, 0) is 30.2 Å². The third kappa shape index (κ3) is 3.78. The van der Waals surface area contributed by atoms with E-state index in [1.165, 1.54) is 0 Å². The van der Waals surface area contributed by atoms with E-state index in [1.54, 1.807) is 19.4 Å². The number of hydrogen-bond donors (Lipinski definition) is 1. The van der Waals surface area contributed by atoms with Crippen LogP contribution in [0.5, 0.6) is 5.75 Å². The Morgan fingerprint density at radius 2 is 2.14 bits per heavy atom. The number of aryl methyl sites for hydroxylation is 1. The van der Waals surface area contributed by atoms with E-state index in [2.05, 4.69) is 0 Å². The molecule has 0 atom stereocenters. The van der Waals surface area contributed by atoms with E-state index in [0.717, 1.165) is 24.3 Å². The number of rotatable bonds is 6. The molecule has 0 unspecified atom stereocenters. The summed E-state index contributed by atoms with van der Waals surface area (Å²) in [5.74, 6) is 0.366. The summed E-state index contributed by atoms with van der Waals surface area (Å²) in [6, 6.07) is 9.07. The Morgan fingerprint density at radius 3 is 2.86 bits per heavy atom. The van der Waals surface area contributed by atoms with Crippen LogP contribution < -0.4 is 10.5 Å². The van der Waals surface area contributed by atoms with Crippen LogP contribution in [0.1, 0.15) is 29.4 Å². The highest BCUT2D eigenvalue weighted by molar-refractivity contribution is 5.89. The standard InChI is InChI=1S/C16H20N2O3/c1-3-7-18-10-13(17)9-15(18)16(19)21-11-12-5-4-6-14(8-12)20-2/h4-6,8-10H,3,7,11,17H2,1-2H3. The number of benzene rings is 1. The zero-order chi connectivity index (χ0) is 15.2. The molecule has 0 aliphatic heterocycles. The van der Waals surface area contributed by atoms with E-state index in [4.69, 9.17) is 15.2 Å². The normalized spacial score (nSPS) is 10.4. The van der Waals surface area contributed by atoms with Gasteiger partial charge in [-0.25, -0.2) is 4.79 Å². The Kier molecular flexibility index (Phi) is 4.87. The first-order chi connectivity index (χ1) is 10.1. The number of ether oxygens (including phenoxy) is 2. The van der Waals surface area contributed by atoms with Crippen LogP contribution in [0.25, 0.3) is 0 Å². The number of carbonyl (C=O) groups is 1. The molecule has 0 saturated carbocycles. The number of esters is 1. The molecule has 0 radical (unpaired) electrons. The van der Waals surface area contributed by atoms with Crippen molar-refractivity contribution in [3.8, 4) is 5.75 Å². The summed E-state index contributed by atoms with van der Waals surface area (Å²) < 4.78 is 12.3. The fourth-order valence-electron chi connectivity index (χ4n) is 2.11. The topological polar surface area (TPSA) is 66.5 Å². The number of nitrogens with zero attached hydrogens (tertiary/aromatic N) is 1. The highest BCUT2D eigenvalue weighted by Gasteiger charge is 2.14. The van der Waals surface area contributed by atoms with Gasteiger partial charge in [0.15, 0.2) is 0 Å². The molecule has 0 bridgehead atoms. The van der Waals surface area contributed by atoms with Gasteiger partial charge in [-0.15, -0.1) is 0 Å². The van der Waals surface area contributed by atoms with Gasteiger partial charge in [0.25, 0.3) is 0 Å². The Bertz CT molecular complexity index is 620. The summed E-state index contributed by atoms with van der Waals surface area (Å²) in [6.07, 6.45) is 2.68. The van der Waals surface area contributed by atoms with Crippen LogP contribution >= 0.6 is 0 Å². The van der Waals surface area contributed by atoms with Crippen molar-refractivity contribution in [2.45, 2.75) is 26.5 Å². The Labute approximate surface area is 124 Å². The molecule has 0 saturated heterocycles. The van der Waals surface area contributed by atoms with Crippen LogP contribution in [0.4, 0.5) is 5.69 Å². The van der Waals surface area contributed by atoms with Crippen molar-refractivity contribution >= 4 is 11.7 Å². The molecule has 1 heterocycles. The SMILES string of the molecule is CCCn1cc(N)cc1C(=O)OCc1cccc(OC)c1. The Balaban J connectivity index is 2.04. The molecule has 0 spiro atoms. The van der Waals surface area contributed by atoms with Crippen molar-refractivity contribution in [1.29, 1.82) is 0 Å². The van der Waals surface area contributed by atoms with Crippen LogP contribution in [0.3, 0.4) is 0 Å². The summed E-state index contributed by atoms with van der Waals surface area (Å²) in [7, 11) is 1.60. The molecule has 1 aromatic carbocycles. The second kappa shape index (κ2) is 6.83. The van der Waals surface area contributed by atoms with Gasteiger partial charge in [-0.2, -0.15) is 0 Å². The molecule has 0 amide bonds. The molecular weight excluding hydrogens is 268 g/mol. The lowest BCUT2D eigenvalue weighted by Crippen LogP contribution is -2.11. The molecule has 2 rings (SSSR count). The number of carbonyl (C=O) groups excluding carboxylic acids is 1. The molecular formula is C16H20N2O3. The van der Waals surface area contributed by atoms with Gasteiger partial charge in [0.05, 0.1) is 12.8 Å². The minimum Gasteiger partial charge on any atom is -0.497 e. The van der Waals surface area contributed by atoms with E-state index in [-0.39, 0.29) is 12.6 Å². The minimum absolute atomic E-state index is 0.202. The highest BCUT2D eigenvalue weighted by atomic mass is 16.5. The van der Waals surface area contributed by atoms with Crippen molar-refractivity contribution in [1.82, 2.24) is 4.57 Å². The summed E-state index contributed by atoms with van der Waals surface area (Å²) in [5.41, 5.74) is 7.68. The van der Waals surface area contributed by atoms with Gasteiger partial charge in [0.2, 0.25) is 0 Å². The molecule has 0 aliphatic carbocycles. The van der Waals surface area contributed by atoms with Crippen LogP contribution in [0.2, 0.25) is 0 Å². The average molecular weight is 288 g/mol. The van der Waals surface area contributed by atoms with Gasteiger partial charge >= 0.3 is 5.97 Å². The average Bonchev–Trinajstić information content (AvgIpc) is 2.86. The van der Waals surface area contributed by atoms with Crippen LogP contribution in [0.15, 0.2) is 36.5 Å². The first-order valence-electron chi connectivity index (χ1n) is 6.89. The molecule has 5 heteroatoms. The second-order valence-electron chi connectivity index (χ2n) is 4.78. The molecule has 0 fully saturated rings. The smallest absolute Gasteiger partial charge is 0.355 e. The van der Waals surface area contributed by atoms with Crippen molar-refractivity contribution in [3.63, 3.8) is 0 Å². The summed E-state index contributed by atoms with van der Waals surface area (Å²) >= 11 is 0. The number of anilines is 1. The van der Waals surface area contributed by atoms with Crippen LogP contribution in [-0.4, -0.2) is 17.6 Å². The van der Waals surface area contributed by atoms with Gasteiger partial charge in [0, 0.05) is 12.7 Å². The van der Waals surface area contributed by atoms with E-state index in [1.807, 2.05) is 35.8 Å². The number of hydrogen-bond acceptors (Lipinski definition) is 4. The number of methoxy groups -OCH3 is 1. The van der Waals surface area contributed by atoms with Gasteiger partial charge in [-0.3, -0.25) is 0 Å². The third-order valence-electron chi connectivity index (χ3n) is 3.10. The van der Waals surface area contributed by atoms with Crippen LogP contribution in [-0.2, 0) is 17.9 Å². The maximum Gasteiger partial charge on any atom is 0.355 e. The molecule has 0 aliphatic rings. The monoisotopic (exact) mass is 288 g/mol. The van der Waals surface area contributed by atoms with E-state index >= 15 is 0 Å². The van der Waals surface area contributed by atoms with Crippen molar-refractivity contribution in [2.75, 3.05) is 12.8 Å². The Hall–Kier alpha value is -2.43. The number of nitrogen functional groups attached to an aromatic ring is 1. The maximum absolute atomic E-state index is 12.2. The lowest BCUT2D eigenvalue weighted by atomic mass is 10.2. The van der Waals surface area contributed by atoms with Gasteiger partial charge in [0.1, 0.15) is 18.1 Å². The first-order valence-corrected chi connectivity index (χ1v) is 6.89. The summed E-state index contributed by atoms with van der Waals surface area (Å²) in [6.45, 7) is 2.98. The lowest BCUT2D eigenvalue weighted by molar-refractivity contribution is 0.0459. The summed E-state index contributed by atoms with van der Waals surface area (Å²) in [5, 5.41) is 0. The second-order valence-corrected chi connectivity index (χ2v) is 4.78. The summed E-state index contributed by atoms with van der Waals surface area (Å²) in [4.78, 5) is 12.2. The van der Waals surface area contributed by atoms with E-state index in [0.29, 0.717) is 11.4 Å². The van der Waals surface area contributed by atoms with Crippen molar-refractivity contribution in [2.24, 2.45) is 0 Å². The molecule has 21 heavy (non-hydrogen) atoms. The minimum atomic E-state index is -0.372. The quantitative estimate of drug-likeness (QED) is 0.830. The predicted octanol–water partition coefficient (Wildman–Crippen LogP) is 2.85. The number of nitrogens with two attached hydrogens (primary N) is 1. The van der Waals surface area contributed by atoms with E-state index < -0.39 is 0 Å². The number of aromatic nitrogens is 1. The largest absolute Gasteiger partial charge is 0.497 e. The maximum atomic E-state index is 12.2. The molecule has 2 N–H and O–H groups in total. The van der Waals surface area contributed by atoms with Crippen molar-refractivity contribution in [3.05, 3.63) is 47.8 Å². The molecule has 2 aromatic rings. The van der Waals surface area contributed by atoms with Crippen molar-refractivity contribution < 1.29 is 14.3 Å². The lowest BCUT2D eigenvalue weighted by Gasteiger charge is -2.09. The van der Waals surface area contributed by atoms with Gasteiger partial charge in [-0.1, -0.05) is 19.1 Å². The first kappa shape index (κ1) is 15.0.